The van der Waals surface area contributed by atoms with E-state index in [1.807, 2.05) is 0 Å². The number of alkyl halides is 2. The van der Waals surface area contributed by atoms with Gasteiger partial charge in [0.25, 0.3) is 0 Å². The van der Waals surface area contributed by atoms with Crippen molar-refractivity contribution in [3.8, 4) is 0 Å². The molecule has 0 spiro atoms. The summed E-state index contributed by atoms with van der Waals surface area (Å²) < 4.78 is 27.3. The summed E-state index contributed by atoms with van der Waals surface area (Å²) in [5, 5.41) is 7.62. The number of carbonyl (C=O) groups is 2. The van der Waals surface area contributed by atoms with Gasteiger partial charge in [-0.3, -0.25) is 0 Å². The predicted molar refractivity (Wildman–Crippen MR) is 45.4 cm³/mol. The van der Waals surface area contributed by atoms with Gasteiger partial charge in [-0.05, 0) is 20.8 Å². The third-order valence-electron chi connectivity index (χ3n) is 0.952. The lowest BCUT2D eigenvalue weighted by molar-refractivity contribution is -0.148. The summed E-state index contributed by atoms with van der Waals surface area (Å²) in [6.45, 7) is 4.01. The lowest BCUT2D eigenvalue weighted by Crippen LogP contribution is -2.14. The van der Waals surface area contributed by atoms with E-state index in [1.54, 1.807) is 6.92 Å². The molecule has 0 aliphatic heterocycles. The smallest absolute Gasteiger partial charge is 0.340 e. The van der Waals surface area contributed by atoms with Gasteiger partial charge in [0.1, 0.15) is 0 Å². The molecule has 2 atom stereocenters. The fourth-order valence-electron chi connectivity index (χ4n) is 0.257. The third kappa shape index (κ3) is 10.8. The maximum Gasteiger partial charge on any atom is 0.340 e. The minimum absolute atomic E-state index is 0.243. The zero-order chi connectivity index (χ0) is 11.7. The van der Waals surface area contributed by atoms with E-state index in [9.17, 15) is 18.4 Å². The topological polar surface area (TPSA) is 63.6 Å². The number of carboxylic acids is 1. The lowest BCUT2D eigenvalue weighted by Gasteiger charge is -1.99. The van der Waals surface area contributed by atoms with Crippen LogP contribution >= 0.6 is 0 Å². The summed E-state index contributed by atoms with van der Waals surface area (Å²) in [5.41, 5.74) is 0. The Kier molecular flexibility index (Phi) is 9.17. The van der Waals surface area contributed by atoms with Crippen LogP contribution in [0.5, 0.6) is 0 Å². The molecule has 0 aromatic heterocycles. The number of hydrogen-bond acceptors (Lipinski definition) is 3. The number of rotatable bonds is 3. The van der Waals surface area contributed by atoms with Gasteiger partial charge in [0.2, 0.25) is 0 Å². The van der Waals surface area contributed by atoms with E-state index in [0.29, 0.717) is 0 Å². The monoisotopic (exact) mass is 212 g/mol. The van der Waals surface area contributed by atoms with Gasteiger partial charge in [0, 0.05) is 0 Å². The van der Waals surface area contributed by atoms with Crippen molar-refractivity contribution in [3.05, 3.63) is 0 Å². The fourth-order valence-corrected chi connectivity index (χ4v) is 0.257. The number of aliphatic carboxylic acids is 1. The van der Waals surface area contributed by atoms with E-state index in [1.165, 1.54) is 0 Å². The maximum atomic E-state index is 11.8. The largest absolute Gasteiger partial charge is 0.479 e. The van der Waals surface area contributed by atoms with E-state index in [0.717, 1.165) is 13.8 Å². The van der Waals surface area contributed by atoms with Gasteiger partial charge >= 0.3 is 11.9 Å². The highest BCUT2D eigenvalue weighted by Gasteiger charge is 2.09. The van der Waals surface area contributed by atoms with E-state index in [-0.39, 0.29) is 6.61 Å². The molecule has 0 bridgehead atoms. The first-order chi connectivity index (χ1) is 6.32. The Balaban J connectivity index is 0. The fraction of sp³-hybridized carbons (Fsp3) is 0.750. The van der Waals surface area contributed by atoms with Crippen LogP contribution < -0.4 is 0 Å². The van der Waals surface area contributed by atoms with E-state index >= 15 is 0 Å². The molecule has 0 aromatic rings. The minimum Gasteiger partial charge on any atom is -0.479 e. The number of halogens is 2. The van der Waals surface area contributed by atoms with Crippen molar-refractivity contribution in [2.45, 2.75) is 33.1 Å². The van der Waals surface area contributed by atoms with Crippen molar-refractivity contribution in [2.24, 2.45) is 0 Å². The molecule has 0 amide bonds. The van der Waals surface area contributed by atoms with Crippen LogP contribution in [0.25, 0.3) is 0 Å². The lowest BCUT2D eigenvalue weighted by atomic mass is 10.5. The van der Waals surface area contributed by atoms with Crippen LogP contribution in [0.3, 0.4) is 0 Å². The molecule has 0 saturated carbocycles. The molecule has 0 fully saturated rings. The number of hydrogen-bond donors (Lipinski definition) is 1. The van der Waals surface area contributed by atoms with Crippen molar-refractivity contribution < 1.29 is 28.2 Å². The first-order valence-electron chi connectivity index (χ1n) is 4.00. The van der Waals surface area contributed by atoms with Gasteiger partial charge in [0.15, 0.2) is 12.3 Å². The predicted octanol–water partition coefficient (Wildman–Crippen LogP) is 1.34. The quantitative estimate of drug-likeness (QED) is 0.717. The third-order valence-corrected chi connectivity index (χ3v) is 0.952. The Morgan fingerprint density at radius 1 is 1.29 bits per heavy atom. The summed E-state index contributed by atoms with van der Waals surface area (Å²) in [6.07, 6.45) is -3.22. The van der Waals surface area contributed by atoms with Crippen molar-refractivity contribution in [2.75, 3.05) is 6.61 Å². The molecule has 84 valence electrons. The van der Waals surface area contributed by atoms with Gasteiger partial charge in [-0.15, -0.1) is 0 Å². The molecule has 0 aromatic carbocycles. The second-order valence-electron chi connectivity index (χ2n) is 2.32. The normalized spacial score (nSPS) is 13.2. The van der Waals surface area contributed by atoms with Crippen molar-refractivity contribution in [1.82, 2.24) is 0 Å². The van der Waals surface area contributed by atoms with Crippen LogP contribution in [0.4, 0.5) is 8.78 Å². The number of carbonyl (C=O) groups excluding carboxylic acids is 1. The van der Waals surface area contributed by atoms with Crippen LogP contribution in [0.1, 0.15) is 20.8 Å². The van der Waals surface area contributed by atoms with Gasteiger partial charge in [-0.1, -0.05) is 0 Å². The minimum atomic E-state index is -1.73. The van der Waals surface area contributed by atoms with E-state index in [2.05, 4.69) is 4.74 Å². The van der Waals surface area contributed by atoms with Gasteiger partial charge < -0.3 is 9.84 Å². The average molecular weight is 212 g/mol. The summed E-state index contributed by atoms with van der Waals surface area (Å²) in [6, 6.07) is 0. The molecule has 6 heteroatoms. The Morgan fingerprint density at radius 2 is 1.64 bits per heavy atom. The second-order valence-corrected chi connectivity index (χ2v) is 2.32. The summed E-state index contributed by atoms with van der Waals surface area (Å²) in [5.74, 6) is -2.19. The first kappa shape index (κ1) is 15.3. The summed E-state index contributed by atoms with van der Waals surface area (Å²) in [4.78, 5) is 19.5. The van der Waals surface area contributed by atoms with Crippen molar-refractivity contribution in [3.63, 3.8) is 0 Å². The summed E-state index contributed by atoms with van der Waals surface area (Å²) in [7, 11) is 0. The highest BCUT2D eigenvalue weighted by Crippen LogP contribution is 1.90. The second kappa shape index (κ2) is 8.40. The molecule has 14 heavy (non-hydrogen) atoms. The van der Waals surface area contributed by atoms with E-state index in [4.69, 9.17) is 5.11 Å². The van der Waals surface area contributed by atoms with Gasteiger partial charge in [-0.2, -0.15) is 0 Å². The Labute approximate surface area is 80.9 Å². The van der Waals surface area contributed by atoms with Gasteiger partial charge in [0.05, 0.1) is 6.61 Å². The molecule has 0 heterocycles. The standard InChI is InChI=1S/C5H9FO2.C3H5FO2/c1-3-8-5(7)4(2)6;1-2(4)3(5)6/h4H,3H2,1-2H3;2H,1H3,(H,5,6)/t4-;2-/m11/s1. The maximum absolute atomic E-state index is 11.8. The number of ether oxygens (including phenoxy) is 1. The molecular weight excluding hydrogens is 198 g/mol. The first-order valence-corrected chi connectivity index (χ1v) is 4.00. The Bertz CT molecular complexity index is 180. The summed E-state index contributed by atoms with van der Waals surface area (Å²) >= 11 is 0. The zero-order valence-corrected chi connectivity index (χ0v) is 8.29. The molecule has 0 unspecified atom stereocenters. The van der Waals surface area contributed by atoms with Crippen molar-refractivity contribution in [1.29, 1.82) is 0 Å². The van der Waals surface area contributed by atoms with E-state index < -0.39 is 24.3 Å². The molecule has 4 nitrogen and oxygen atoms in total. The van der Waals surface area contributed by atoms with Crippen LogP contribution in [-0.2, 0) is 14.3 Å². The highest BCUT2D eigenvalue weighted by atomic mass is 19.1. The molecule has 0 aliphatic rings. The Morgan fingerprint density at radius 3 is 1.71 bits per heavy atom. The number of esters is 1. The molecular formula is C8H14F2O4. The number of carboxylic acid groups (broad SMARTS) is 1. The molecule has 0 radical (unpaired) electrons. The van der Waals surface area contributed by atoms with Gasteiger partial charge in [-0.25, -0.2) is 18.4 Å². The zero-order valence-electron chi connectivity index (χ0n) is 8.29. The molecule has 0 aliphatic carbocycles. The SMILES string of the molecule is CCOC(=O)[C@@H](C)F.C[C@@H](F)C(=O)O. The molecule has 0 saturated heterocycles. The van der Waals surface area contributed by atoms with Crippen LogP contribution in [0, 0.1) is 0 Å². The Hall–Kier alpha value is -1.20. The highest BCUT2D eigenvalue weighted by molar-refractivity contribution is 5.73. The van der Waals surface area contributed by atoms with Crippen LogP contribution in [0.2, 0.25) is 0 Å². The average Bonchev–Trinajstić information content (AvgIpc) is 2.05. The molecule has 1 N–H and O–H groups in total. The molecule has 0 rings (SSSR count). The van der Waals surface area contributed by atoms with Crippen molar-refractivity contribution >= 4 is 11.9 Å². The van der Waals surface area contributed by atoms with Crippen LogP contribution in [0.15, 0.2) is 0 Å². The van der Waals surface area contributed by atoms with Crippen LogP contribution in [-0.4, -0.2) is 36.0 Å².